The van der Waals surface area contributed by atoms with E-state index in [2.05, 4.69) is 42.9 Å². The van der Waals surface area contributed by atoms with E-state index in [9.17, 15) is 4.79 Å². The average Bonchev–Trinajstić information content (AvgIpc) is 2.52. The van der Waals surface area contributed by atoms with Gasteiger partial charge in [0, 0.05) is 11.4 Å². The Kier molecular flexibility index (Phi) is 6.77. The number of nitrogens with one attached hydrogen (secondary N) is 1. The van der Waals surface area contributed by atoms with E-state index in [4.69, 9.17) is 0 Å². The molecule has 1 aliphatic heterocycles. The van der Waals surface area contributed by atoms with Crippen LogP contribution in [0.2, 0.25) is 0 Å². The van der Waals surface area contributed by atoms with Crippen LogP contribution in [-0.4, -0.2) is 37.5 Å². The van der Waals surface area contributed by atoms with E-state index >= 15 is 0 Å². The topological polar surface area (TPSA) is 32.3 Å². The molecule has 1 aromatic carbocycles. The number of thiol groups is 1. The molecule has 0 aliphatic carbocycles. The number of aryl methyl sites for hydroxylation is 1. The second kappa shape index (κ2) is 8.59. The first-order valence-corrected chi connectivity index (χ1v) is 8.83. The van der Waals surface area contributed by atoms with Crippen molar-refractivity contribution in [2.45, 2.75) is 43.9 Å². The minimum Gasteiger partial charge on any atom is -0.352 e. The van der Waals surface area contributed by atoms with Gasteiger partial charge in [-0.3, -0.25) is 4.79 Å². The van der Waals surface area contributed by atoms with E-state index in [1.807, 2.05) is 12.1 Å². The van der Waals surface area contributed by atoms with Crippen molar-refractivity contribution in [2.24, 2.45) is 5.92 Å². The maximum absolute atomic E-state index is 12.3. The van der Waals surface area contributed by atoms with Gasteiger partial charge in [0.15, 0.2) is 0 Å². The summed E-state index contributed by atoms with van der Waals surface area (Å²) < 4.78 is 0. The molecule has 0 atom stereocenters. The second-order valence-electron chi connectivity index (χ2n) is 6.41. The van der Waals surface area contributed by atoms with Crippen LogP contribution in [0.25, 0.3) is 0 Å². The number of nitrogens with zero attached hydrogens (tertiary/aromatic N) is 1. The molecule has 0 spiro atoms. The second-order valence-corrected chi connectivity index (χ2v) is 6.89. The van der Waals surface area contributed by atoms with Crippen LogP contribution in [0.15, 0.2) is 23.1 Å². The van der Waals surface area contributed by atoms with Gasteiger partial charge in [0.1, 0.15) is 0 Å². The Balaban J connectivity index is 1.86. The molecule has 3 nitrogen and oxygen atoms in total. The van der Waals surface area contributed by atoms with Gasteiger partial charge in [0.2, 0.25) is 0 Å². The molecular formula is C18H28N2OS. The fourth-order valence-corrected chi connectivity index (χ4v) is 3.25. The molecule has 2 rings (SSSR count). The minimum atomic E-state index is 0.00553. The largest absolute Gasteiger partial charge is 0.352 e. The zero-order valence-electron chi connectivity index (χ0n) is 13.8. The Morgan fingerprint density at radius 1 is 1.36 bits per heavy atom. The number of amides is 1. The molecular weight excluding hydrogens is 292 g/mol. The highest BCUT2D eigenvalue weighted by Crippen LogP contribution is 2.19. The van der Waals surface area contributed by atoms with Gasteiger partial charge in [-0.2, -0.15) is 0 Å². The van der Waals surface area contributed by atoms with E-state index < -0.39 is 0 Å². The van der Waals surface area contributed by atoms with Crippen LogP contribution in [0.5, 0.6) is 0 Å². The number of piperidine rings is 1. The number of unbranched alkanes of at least 4 members (excludes halogenated alkanes) is 1. The molecule has 0 saturated carbocycles. The SMILES string of the molecule is CCCCc1ccc(C(=O)NCC2CCN(C)CC2)c(S)c1. The molecule has 22 heavy (non-hydrogen) atoms. The van der Waals surface area contributed by atoms with Crippen molar-refractivity contribution in [3.63, 3.8) is 0 Å². The molecule has 1 N–H and O–H groups in total. The molecule has 1 heterocycles. The first-order chi connectivity index (χ1) is 10.6. The lowest BCUT2D eigenvalue weighted by Gasteiger charge is -2.29. The molecule has 4 heteroatoms. The average molecular weight is 321 g/mol. The van der Waals surface area contributed by atoms with E-state index in [1.165, 1.54) is 31.2 Å². The molecule has 122 valence electrons. The molecule has 0 bridgehead atoms. The number of likely N-dealkylation sites (tertiary alicyclic amines) is 1. The molecule has 1 aromatic rings. The zero-order chi connectivity index (χ0) is 15.9. The third-order valence-corrected chi connectivity index (χ3v) is 4.89. The summed E-state index contributed by atoms with van der Waals surface area (Å²) in [7, 11) is 2.15. The molecule has 1 saturated heterocycles. The van der Waals surface area contributed by atoms with Gasteiger partial charge in [-0.15, -0.1) is 12.6 Å². The number of hydrogen-bond donors (Lipinski definition) is 2. The predicted molar refractivity (Wildman–Crippen MR) is 94.9 cm³/mol. The monoisotopic (exact) mass is 320 g/mol. The smallest absolute Gasteiger partial charge is 0.252 e. The standard InChI is InChI=1S/C18H28N2OS/c1-3-4-5-14-6-7-16(17(22)12-14)18(21)19-13-15-8-10-20(2)11-9-15/h6-7,12,15,22H,3-5,8-11,13H2,1-2H3,(H,19,21). The number of hydrogen-bond acceptors (Lipinski definition) is 3. The van der Waals surface area contributed by atoms with Crippen LogP contribution in [0.3, 0.4) is 0 Å². The quantitative estimate of drug-likeness (QED) is 0.788. The van der Waals surface area contributed by atoms with Crippen LogP contribution < -0.4 is 5.32 Å². The van der Waals surface area contributed by atoms with E-state index in [0.717, 1.165) is 31.0 Å². The van der Waals surface area contributed by atoms with Gasteiger partial charge >= 0.3 is 0 Å². The Labute approximate surface area is 139 Å². The van der Waals surface area contributed by atoms with Crippen molar-refractivity contribution in [1.29, 1.82) is 0 Å². The van der Waals surface area contributed by atoms with Gasteiger partial charge in [-0.1, -0.05) is 19.4 Å². The summed E-state index contributed by atoms with van der Waals surface area (Å²) >= 11 is 4.49. The lowest BCUT2D eigenvalue weighted by molar-refractivity contribution is 0.0936. The first-order valence-electron chi connectivity index (χ1n) is 8.38. The van der Waals surface area contributed by atoms with Crippen LogP contribution in [0, 0.1) is 5.92 Å². The van der Waals surface area contributed by atoms with Crippen molar-refractivity contribution in [2.75, 3.05) is 26.7 Å². The minimum absolute atomic E-state index is 0.00553. The Hall–Kier alpha value is -1.00. The van der Waals surface area contributed by atoms with Crippen molar-refractivity contribution in [3.05, 3.63) is 29.3 Å². The highest BCUT2D eigenvalue weighted by atomic mass is 32.1. The van der Waals surface area contributed by atoms with Crippen LogP contribution in [0.1, 0.15) is 48.5 Å². The maximum atomic E-state index is 12.3. The van der Waals surface area contributed by atoms with Crippen LogP contribution in [0.4, 0.5) is 0 Å². The number of carbonyl (C=O) groups is 1. The predicted octanol–water partition coefficient (Wildman–Crippen LogP) is 3.39. The number of benzene rings is 1. The molecule has 1 aliphatic rings. The van der Waals surface area contributed by atoms with Crippen molar-refractivity contribution >= 4 is 18.5 Å². The highest BCUT2D eigenvalue weighted by molar-refractivity contribution is 7.80. The molecule has 1 fully saturated rings. The lowest BCUT2D eigenvalue weighted by atomic mass is 9.97. The summed E-state index contributed by atoms with van der Waals surface area (Å²) in [6.45, 7) is 5.22. The molecule has 1 amide bonds. The van der Waals surface area contributed by atoms with Crippen molar-refractivity contribution in [1.82, 2.24) is 10.2 Å². The molecule has 0 radical (unpaired) electrons. The van der Waals surface area contributed by atoms with E-state index in [1.54, 1.807) is 0 Å². The fraction of sp³-hybridized carbons (Fsp3) is 0.611. The van der Waals surface area contributed by atoms with Gasteiger partial charge < -0.3 is 10.2 Å². The fourth-order valence-electron chi connectivity index (χ4n) is 2.90. The Morgan fingerprint density at radius 2 is 2.09 bits per heavy atom. The van der Waals surface area contributed by atoms with Crippen LogP contribution in [-0.2, 0) is 6.42 Å². The third-order valence-electron chi connectivity index (χ3n) is 4.52. The summed E-state index contributed by atoms with van der Waals surface area (Å²) in [5, 5.41) is 3.08. The normalized spacial score (nSPS) is 16.7. The molecule has 0 aromatic heterocycles. The Morgan fingerprint density at radius 3 is 2.73 bits per heavy atom. The maximum Gasteiger partial charge on any atom is 0.252 e. The highest BCUT2D eigenvalue weighted by Gasteiger charge is 2.18. The van der Waals surface area contributed by atoms with Crippen molar-refractivity contribution in [3.8, 4) is 0 Å². The molecule has 0 unspecified atom stereocenters. The number of carbonyl (C=O) groups excluding carboxylic acids is 1. The van der Waals surface area contributed by atoms with Gasteiger partial charge in [-0.25, -0.2) is 0 Å². The summed E-state index contributed by atoms with van der Waals surface area (Å²) in [6.07, 6.45) is 5.75. The summed E-state index contributed by atoms with van der Waals surface area (Å²) in [4.78, 5) is 15.5. The van der Waals surface area contributed by atoms with Gasteiger partial charge in [-0.05, 0) is 69.4 Å². The Bertz CT molecular complexity index is 496. The first kappa shape index (κ1) is 17.4. The van der Waals surface area contributed by atoms with Gasteiger partial charge in [0.05, 0.1) is 5.56 Å². The van der Waals surface area contributed by atoms with Gasteiger partial charge in [0.25, 0.3) is 5.91 Å². The zero-order valence-corrected chi connectivity index (χ0v) is 14.7. The van der Waals surface area contributed by atoms with E-state index in [0.29, 0.717) is 11.5 Å². The van der Waals surface area contributed by atoms with E-state index in [-0.39, 0.29) is 5.91 Å². The lowest BCUT2D eigenvalue weighted by Crippen LogP contribution is -2.37. The summed E-state index contributed by atoms with van der Waals surface area (Å²) in [5.74, 6) is 0.610. The number of rotatable bonds is 6. The van der Waals surface area contributed by atoms with Crippen LogP contribution >= 0.6 is 12.6 Å². The summed E-state index contributed by atoms with van der Waals surface area (Å²) in [6, 6.07) is 6.00. The summed E-state index contributed by atoms with van der Waals surface area (Å²) in [5.41, 5.74) is 1.95. The van der Waals surface area contributed by atoms with Crippen molar-refractivity contribution < 1.29 is 4.79 Å². The third kappa shape index (κ3) is 5.03.